The average molecular weight is 1290 g/mol. The lowest BCUT2D eigenvalue weighted by Crippen LogP contribution is -2.32. The molecule has 0 spiro atoms. The Kier molecular flexibility index (Phi) is 23.7. The van der Waals surface area contributed by atoms with Gasteiger partial charge in [-0.05, 0) is 167 Å². The molecule has 0 bridgehead atoms. The maximum atomic E-state index is 12.9. The van der Waals surface area contributed by atoms with Crippen LogP contribution >= 0.6 is 0 Å². The molecule has 7 aliphatic rings. The van der Waals surface area contributed by atoms with E-state index in [1.807, 2.05) is 12.2 Å². The lowest BCUT2D eigenvalue weighted by molar-refractivity contribution is -0.172. The van der Waals surface area contributed by atoms with Crippen molar-refractivity contribution < 1.29 is 87.7 Å². The van der Waals surface area contributed by atoms with Crippen LogP contribution in [-0.4, -0.2) is 106 Å². The van der Waals surface area contributed by atoms with Crippen LogP contribution in [0.4, 0.5) is 4.39 Å². The van der Waals surface area contributed by atoms with Crippen LogP contribution in [0.2, 0.25) is 0 Å². The number of hydrogen-bond acceptors (Lipinski definition) is 18. The third-order valence-corrected chi connectivity index (χ3v) is 15.5. The number of halogens is 1. The Balaban J connectivity index is 0.000000196. The summed E-state index contributed by atoms with van der Waals surface area (Å²) in [6.45, 7) is 0.769. The van der Waals surface area contributed by atoms with Gasteiger partial charge >= 0.3 is 29.8 Å². The Labute approximate surface area is 539 Å². The number of phenolic OH excluding ortho intramolecular Hbond substituents is 2. The number of esters is 2. The van der Waals surface area contributed by atoms with Crippen molar-refractivity contribution in [3.8, 4) is 56.4 Å². The van der Waals surface area contributed by atoms with Crippen molar-refractivity contribution in [2.24, 2.45) is 5.73 Å². The van der Waals surface area contributed by atoms with E-state index >= 15 is 0 Å². The molecule has 22 nitrogen and oxygen atoms in total. The van der Waals surface area contributed by atoms with Crippen molar-refractivity contribution in [1.29, 1.82) is 0 Å². The first-order valence-corrected chi connectivity index (χ1v) is 30.6. The van der Waals surface area contributed by atoms with E-state index in [0.29, 0.717) is 63.0 Å². The molecule has 2 unspecified atom stereocenters. The number of ether oxygens (including phenoxy) is 2. The molecule has 2 atom stereocenters. The van der Waals surface area contributed by atoms with Gasteiger partial charge in [0, 0.05) is 95.1 Å². The van der Waals surface area contributed by atoms with Gasteiger partial charge in [-0.3, -0.25) is 38.0 Å². The van der Waals surface area contributed by atoms with Gasteiger partial charge in [0.1, 0.15) is 46.4 Å². The Morgan fingerprint density at radius 1 is 0.596 bits per heavy atom. The monoisotopic (exact) mass is 1290 g/mol. The molecule has 11 rings (SSSR count). The van der Waals surface area contributed by atoms with E-state index in [9.17, 15) is 72.8 Å². The third kappa shape index (κ3) is 17.8. The van der Waals surface area contributed by atoms with E-state index < -0.39 is 42.8 Å². The highest BCUT2D eigenvalue weighted by Crippen LogP contribution is 2.44. The second-order valence-electron chi connectivity index (χ2n) is 22.2. The van der Waals surface area contributed by atoms with Crippen molar-refractivity contribution >= 4 is 69.5 Å². The van der Waals surface area contributed by atoms with E-state index in [0.717, 1.165) is 63.9 Å². The molecule has 0 radical (unpaired) electrons. The second-order valence-corrected chi connectivity index (χ2v) is 22.2. The van der Waals surface area contributed by atoms with Crippen LogP contribution in [-0.2, 0) is 33.5 Å². The first-order valence-electron chi connectivity index (χ1n) is 31.3. The van der Waals surface area contributed by atoms with E-state index in [4.69, 9.17) is 30.3 Å². The number of allylic oxidation sites excluding steroid dienone is 2. The van der Waals surface area contributed by atoms with Gasteiger partial charge in [-0.15, -0.1) is 5.06 Å². The summed E-state index contributed by atoms with van der Waals surface area (Å²) < 4.78 is 38.0. The van der Waals surface area contributed by atoms with Crippen LogP contribution in [0.5, 0.6) is 11.5 Å². The Morgan fingerprint density at radius 2 is 1.05 bits per heavy atom. The van der Waals surface area contributed by atoms with Crippen molar-refractivity contribution in [3.63, 3.8) is 0 Å². The fraction of sp³-hybridized carbons (Fsp3) is 0.296. The predicted octanol–water partition coefficient (Wildman–Crippen LogP) is 11.8. The van der Waals surface area contributed by atoms with Crippen molar-refractivity contribution in [2.75, 3.05) is 20.2 Å². The van der Waals surface area contributed by atoms with Crippen LogP contribution in [0.25, 0.3) is 66.8 Å². The quantitative estimate of drug-likeness (QED) is 0.0172. The number of amides is 3. The Morgan fingerprint density at radius 3 is 1.53 bits per heavy atom. The number of imide groups is 1. The van der Waals surface area contributed by atoms with Crippen LogP contribution < -0.4 is 21.9 Å². The zero-order valence-electron chi connectivity index (χ0n) is 52.1. The molecule has 7 N–H and O–H groups in total. The summed E-state index contributed by atoms with van der Waals surface area (Å²) in [4.78, 5) is 126. The number of aromatic carboxylic acids is 2. The molecule has 0 aromatic heterocycles. The molecule has 94 heavy (non-hydrogen) atoms. The van der Waals surface area contributed by atoms with Crippen molar-refractivity contribution in [3.05, 3.63) is 176 Å². The fourth-order valence-corrected chi connectivity index (χ4v) is 10.9. The SMILES string of the molecule is NCCCC(=O)OC1/C=C/CCCCC1.O=C(CCCNC(=O)c1ccc(-c2c3ccc(=O)cc-3oc3cc(O)ccc23)c(C(=O)O)c1)OC1/C=C/CCCCC1.O=C(ON1C(=O)CCC1=O)c1ccc(-c2c3ccc(=O)cc-3oc3cc(O)ccc23)c(C(=O)O)c1.[2H]CF. The van der Waals surface area contributed by atoms with Gasteiger partial charge in [0.15, 0.2) is 10.9 Å². The predicted molar refractivity (Wildman–Crippen MR) is 344 cm³/mol. The number of nitrogens with one attached hydrogen (secondary N) is 1. The van der Waals surface area contributed by atoms with Gasteiger partial charge in [0.2, 0.25) is 0 Å². The van der Waals surface area contributed by atoms with Crippen LogP contribution in [0.3, 0.4) is 0 Å². The van der Waals surface area contributed by atoms with Crippen LogP contribution in [0, 0.1) is 0 Å². The number of rotatable bonds is 16. The average Bonchev–Trinajstić information content (AvgIpc) is 1.01. The number of carboxylic acids is 2. The van der Waals surface area contributed by atoms with Gasteiger partial charge in [0.05, 0.1) is 25.2 Å². The first-order chi connectivity index (χ1) is 45.8. The number of carbonyl (C=O) groups excluding carboxylic acids is 6. The second kappa shape index (κ2) is 33.0. The lowest BCUT2D eigenvalue weighted by Gasteiger charge is -2.17. The molecule has 3 heterocycles. The third-order valence-electron chi connectivity index (χ3n) is 15.5. The van der Waals surface area contributed by atoms with Gasteiger partial charge in [-0.1, -0.05) is 37.1 Å². The molecule has 4 aromatic rings. The minimum absolute atomic E-state index is 0.00410. The van der Waals surface area contributed by atoms with E-state index in [2.05, 4.69) is 17.5 Å². The lowest BCUT2D eigenvalue weighted by atomic mass is 9.90. The largest absolute Gasteiger partial charge is 0.508 e. The van der Waals surface area contributed by atoms with E-state index in [1.54, 1.807) is 24.3 Å². The number of benzene rings is 6. The van der Waals surface area contributed by atoms with Crippen LogP contribution in [0.1, 0.15) is 146 Å². The summed E-state index contributed by atoms with van der Waals surface area (Å²) in [7, 11) is -1.00. The highest BCUT2D eigenvalue weighted by atomic mass is 19.1. The number of fused-ring (bicyclic) bond motifs is 4. The maximum absolute atomic E-state index is 12.9. The normalized spacial score (nSPS) is 16.2. The molecule has 490 valence electrons. The zero-order valence-corrected chi connectivity index (χ0v) is 51.1. The molecule has 3 amide bonds. The van der Waals surface area contributed by atoms with Gasteiger partial charge < -0.3 is 54.6 Å². The van der Waals surface area contributed by atoms with Crippen LogP contribution in [0.15, 0.2) is 152 Å². The molecular weight excluding hydrogens is 1220 g/mol. The van der Waals surface area contributed by atoms with Gasteiger partial charge in [-0.2, -0.15) is 0 Å². The fourth-order valence-electron chi connectivity index (χ4n) is 10.9. The number of aromatic hydroxyl groups is 2. The highest BCUT2D eigenvalue weighted by molar-refractivity contribution is 6.11. The molecule has 1 saturated heterocycles. The Bertz CT molecular complexity index is 4260. The maximum Gasteiger partial charge on any atom is 0.363 e. The van der Waals surface area contributed by atoms with Gasteiger partial charge in [-0.25, -0.2) is 14.4 Å². The summed E-state index contributed by atoms with van der Waals surface area (Å²) in [6.07, 6.45) is 20.3. The molecule has 4 aromatic carbocycles. The summed E-state index contributed by atoms with van der Waals surface area (Å²) in [5.74, 6) is -5.63. The summed E-state index contributed by atoms with van der Waals surface area (Å²) in [5, 5.41) is 44.0. The summed E-state index contributed by atoms with van der Waals surface area (Å²) in [5.41, 5.74) is 7.14. The smallest absolute Gasteiger partial charge is 0.363 e. The topological polar surface area (TPSA) is 347 Å². The number of carboxylic acid groups (broad SMARTS) is 2. The first kappa shape index (κ1) is 67.6. The number of hydroxylamine groups is 2. The highest BCUT2D eigenvalue weighted by Gasteiger charge is 2.34. The number of alkyl halides is 1. The number of nitrogens with two attached hydrogens (primary N) is 1. The van der Waals surface area contributed by atoms with Crippen molar-refractivity contribution in [1.82, 2.24) is 10.4 Å². The molecule has 23 heteroatoms. The number of phenols is 2. The molecule has 1 fully saturated rings. The summed E-state index contributed by atoms with van der Waals surface area (Å²) >= 11 is 0. The Hall–Kier alpha value is -10.8. The molecule has 0 saturated carbocycles. The van der Waals surface area contributed by atoms with E-state index in [-0.39, 0.29) is 123 Å². The number of nitrogens with zero attached hydrogens (tertiary/aromatic N) is 1. The molecule has 3 aliphatic heterocycles. The minimum Gasteiger partial charge on any atom is -0.508 e. The number of hydrogen-bond donors (Lipinski definition) is 6. The standard InChI is InChI=1S/C33H31NO8.C25H15NO9.C12H21NO2.CH3F/c35-21-11-14-25-28(18-21)42-29-19-22(36)12-15-26(29)31(25)24-13-10-20(17-27(24)33(39)40)32(38)34-16-6-9-30(37)41-23-7-4-2-1-3-5-8-23;27-13-2-5-16-19(10-13)34-20-11-14(28)3-6-17(20)23(16)15-4-1-12(9-18(15)24(31)32)25(33)35-26-21(29)7-8-22(26)30;13-10-6-9-12(14)15-11-7-4-2-1-3-5-8-11;1-2/h4,7,10-15,17-19,23,35H,1-3,5-6,8-9,16H2,(H,34,38)(H,39,40);1-6,9-11,27H,7-8H2,(H,31,32);4,7,11H,1-3,5-6,8-10,13H2;1H3/b7-4+;;7-4+;/i;;;1D. The van der Waals surface area contributed by atoms with Gasteiger partial charge in [0.25, 0.3) is 17.7 Å². The summed E-state index contributed by atoms with van der Waals surface area (Å²) in [6, 6.07) is 25.2. The minimum atomic E-state index is -1.36. The number of carbonyl (C=O) groups is 8. The zero-order chi connectivity index (χ0) is 68.1. The van der Waals surface area contributed by atoms with E-state index in [1.165, 1.54) is 91.7 Å². The molecule has 4 aliphatic carbocycles. The molecular formula is C71H70FN3O19. The van der Waals surface area contributed by atoms with Crippen molar-refractivity contribution in [2.45, 2.75) is 115 Å².